The third-order valence-corrected chi connectivity index (χ3v) is 4.79. The molecule has 2 aliphatic carbocycles. The highest BCUT2D eigenvalue weighted by molar-refractivity contribution is 6.31. The lowest BCUT2D eigenvalue weighted by Crippen LogP contribution is -2.19. The van der Waals surface area contributed by atoms with E-state index in [1.54, 1.807) is 11.9 Å². The van der Waals surface area contributed by atoms with Gasteiger partial charge in [0, 0.05) is 19.7 Å². The lowest BCUT2D eigenvalue weighted by Gasteiger charge is -2.19. The Morgan fingerprint density at radius 2 is 1.67 bits per heavy atom. The monoisotopic (exact) mass is 358 g/mol. The van der Waals surface area contributed by atoms with Gasteiger partial charge in [0.1, 0.15) is 5.71 Å². The van der Waals surface area contributed by atoms with Gasteiger partial charge in [-0.2, -0.15) is 5.10 Å². The Bertz CT molecular complexity index is 935. The second-order valence-corrected chi connectivity index (χ2v) is 7.19. The number of hydrazone groups is 1. The van der Waals surface area contributed by atoms with Gasteiger partial charge in [-0.15, -0.1) is 0 Å². The zero-order valence-corrected chi connectivity index (χ0v) is 16.5. The van der Waals surface area contributed by atoms with Crippen LogP contribution in [0.1, 0.15) is 37.8 Å². The van der Waals surface area contributed by atoms with Gasteiger partial charge in [-0.25, -0.2) is 0 Å². The van der Waals surface area contributed by atoms with Crippen LogP contribution in [-0.2, 0) is 4.79 Å². The molecule has 0 unspecified atom stereocenters. The van der Waals surface area contributed by atoms with Gasteiger partial charge >= 0.3 is 0 Å². The van der Waals surface area contributed by atoms with Gasteiger partial charge in [-0.1, -0.05) is 43.0 Å². The Balaban J connectivity index is 1.95. The summed E-state index contributed by atoms with van der Waals surface area (Å²) >= 11 is 0. The second-order valence-electron chi connectivity index (χ2n) is 7.19. The largest absolute Gasteiger partial charge is 0.303 e. The predicted molar refractivity (Wildman–Crippen MR) is 114 cm³/mol. The fraction of sp³-hybridized carbons (Fsp3) is 0.250. The molecule has 1 aromatic carbocycles. The Kier molecular flexibility index (Phi) is 5.41. The van der Waals surface area contributed by atoms with Crippen LogP contribution in [0.15, 0.2) is 77.0 Å². The van der Waals surface area contributed by atoms with E-state index >= 15 is 0 Å². The molecule has 0 radical (unpaired) electrons. The number of benzene rings is 1. The van der Waals surface area contributed by atoms with Gasteiger partial charge in [-0.05, 0) is 72.3 Å². The van der Waals surface area contributed by atoms with Crippen molar-refractivity contribution in [3.63, 3.8) is 0 Å². The number of carbonyl (C=O) groups is 1. The average molecular weight is 358 g/mol. The number of ketones is 1. The molecule has 0 amide bonds. The molecule has 1 aromatic rings. The minimum absolute atomic E-state index is 0.00732. The number of carbonyl (C=O) groups excluding carboxylic acids is 1. The predicted octanol–water partition coefficient (Wildman–Crippen LogP) is 5.20. The maximum Gasteiger partial charge on any atom is 0.162 e. The number of allylic oxidation sites excluding steroid dienone is 9. The fourth-order valence-electron chi connectivity index (χ4n) is 3.43. The molecule has 0 aromatic heterocycles. The molecular weight excluding hydrogens is 332 g/mol. The van der Waals surface area contributed by atoms with Crippen molar-refractivity contribution in [1.29, 1.82) is 0 Å². The van der Waals surface area contributed by atoms with E-state index in [1.807, 2.05) is 26.2 Å². The van der Waals surface area contributed by atoms with Crippen molar-refractivity contribution >= 4 is 22.6 Å². The van der Waals surface area contributed by atoms with E-state index in [0.717, 1.165) is 29.6 Å². The zero-order valence-electron chi connectivity index (χ0n) is 16.5. The molecule has 27 heavy (non-hydrogen) atoms. The van der Waals surface area contributed by atoms with Crippen molar-refractivity contribution in [1.82, 2.24) is 5.01 Å². The Hall–Kier alpha value is -2.94. The minimum Gasteiger partial charge on any atom is -0.303 e. The molecule has 0 saturated carbocycles. The van der Waals surface area contributed by atoms with Crippen molar-refractivity contribution in [2.24, 2.45) is 5.10 Å². The van der Waals surface area contributed by atoms with Gasteiger partial charge in [-0.3, -0.25) is 4.79 Å². The summed E-state index contributed by atoms with van der Waals surface area (Å²) in [6.45, 7) is 7.85. The summed E-state index contributed by atoms with van der Waals surface area (Å²) in [5, 5.41) is 6.13. The second kappa shape index (κ2) is 7.75. The van der Waals surface area contributed by atoms with Crippen LogP contribution in [0.4, 0.5) is 0 Å². The Morgan fingerprint density at radius 1 is 1.04 bits per heavy atom. The highest BCUT2D eigenvalue weighted by atomic mass is 16.1. The molecule has 0 bridgehead atoms. The lowest BCUT2D eigenvalue weighted by molar-refractivity contribution is -0.113. The quantitative estimate of drug-likeness (QED) is 0.693. The summed E-state index contributed by atoms with van der Waals surface area (Å²) in [6, 6.07) is 8.52. The highest BCUT2D eigenvalue weighted by Gasteiger charge is 2.21. The molecule has 2 aliphatic rings. The van der Waals surface area contributed by atoms with Crippen molar-refractivity contribution in [2.75, 3.05) is 14.1 Å². The molecule has 3 nitrogen and oxygen atoms in total. The van der Waals surface area contributed by atoms with Crippen molar-refractivity contribution in [3.8, 4) is 0 Å². The molecule has 0 atom stereocenters. The van der Waals surface area contributed by atoms with Crippen molar-refractivity contribution in [2.45, 2.75) is 26.7 Å². The first kappa shape index (κ1) is 18.8. The van der Waals surface area contributed by atoms with Gasteiger partial charge < -0.3 is 5.01 Å². The van der Waals surface area contributed by atoms with E-state index in [9.17, 15) is 4.79 Å². The summed E-state index contributed by atoms with van der Waals surface area (Å²) in [6.07, 6.45) is 10.7. The molecule has 0 fully saturated rings. The third-order valence-electron chi connectivity index (χ3n) is 4.79. The average Bonchev–Trinajstić information content (AvgIpc) is 2.63. The summed E-state index contributed by atoms with van der Waals surface area (Å²) in [5.41, 5.74) is 7.93. The minimum atomic E-state index is -0.00732. The summed E-state index contributed by atoms with van der Waals surface area (Å²) in [5.74, 6) is -0.00732. The SMILES string of the molecule is C=C1C=C(c2ccc(C3=CCCC=C3C)cc2)C=C(C(C)=O)/C1=N/N(C)C. The Morgan fingerprint density at radius 3 is 2.26 bits per heavy atom. The number of hydrogen-bond donors (Lipinski definition) is 0. The molecule has 0 saturated heterocycles. The van der Waals surface area contributed by atoms with E-state index in [1.165, 1.54) is 16.7 Å². The molecule has 0 spiro atoms. The molecule has 138 valence electrons. The van der Waals surface area contributed by atoms with Gasteiger partial charge in [0.15, 0.2) is 5.78 Å². The number of hydrogen-bond acceptors (Lipinski definition) is 3. The first-order valence-electron chi connectivity index (χ1n) is 9.25. The first-order chi connectivity index (χ1) is 12.9. The van der Waals surface area contributed by atoms with Crippen molar-refractivity contribution < 1.29 is 4.79 Å². The summed E-state index contributed by atoms with van der Waals surface area (Å²) in [7, 11) is 3.68. The molecule has 0 aliphatic heterocycles. The van der Waals surface area contributed by atoms with E-state index < -0.39 is 0 Å². The molecule has 0 N–H and O–H groups in total. The number of rotatable bonds is 4. The standard InChI is InChI=1S/C24H26N2O/c1-16-8-6-7-9-22(16)20-12-10-19(11-13-20)21-14-17(2)24(25-26(4)5)23(15-21)18(3)27/h8-15H,2,6-7H2,1,3-5H3/b25-24+. The van der Waals surface area contributed by atoms with E-state index in [-0.39, 0.29) is 5.78 Å². The summed E-state index contributed by atoms with van der Waals surface area (Å²) < 4.78 is 0. The van der Waals surface area contributed by atoms with Crippen LogP contribution in [0.3, 0.4) is 0 Å². The Labute approximate surface area is 161 Å². The van der Waals surface area contributed by atoms with E-state index in [2.05, 4.69) is 55.0 Å². The number of nitrogens with zero attached hydrogens (tertiary/aromatic N) is 2. The van der Waals surface area contributed by atoms with E-state index in [4.69, 9.17) is 0 Å². The number of Topliss-reactive ketones (excluding diaryl/α,β-unsaturated/α-hetero) is 1. The normalized spacial score (nSPS) is 18.5. The third kappa shape index (κ3) is 4.08. The van der Waals surface area contributed by atoms with E-state index in [0.29, 0.717) is 11.3 Å². The topological polar surface area (TPSA) is 32.7 Å². The van der Waals surface area contributed by atoms with Gasteiger partial charge in [0.05, 0.1) is 0 Å². The molecule has 3 rings (SSSR count). The fourth-order valence-corrected chi connectivity index (χ4v) is 3.43. The van der Waals surface area contributed by atoms with Gasteiger partial charge in [0.2, 0.25) is 0 Å². The zero-order chi connectivity index (χ0) is 19.6. The van der Waals surface area contributed by atoms with Crippen LogP contribution in [0.5, 0.6) is 0 Å². The molecular formula is C24H26N2O. The molecule has 3 heteroatoms. The smallest absolute Gasteiger partial charge is 0.162 e. The lowest BCUT2D eigenvalue weighted by atomic mass is 9.87. The van der Waals surface area contributed by atoms with Crippen LogP contribution >= 0.6 is 0 Å². The van der Waals surface area contributed by atoms with Crippen LogP contribution in [-0.4, -0.2) is 30.6 Å². The first-order valence-corrected chi connectivity index (χ1v) is 9.25. The van der Waals surface area contributed by atoms with Crippen LogP contribution in [0, 0.1) is 0 Å². The van der Waals surface area contributed by atoms with Crippen molar-refractivity contribution in [3.05, 3.63) is 83.0 Å². The summed E-state index contributed by atoms with van der Waals surface area (Å²) in [4.78, 5) is 12.2. The highest BCUT2D eigenvalue weighted by Crippen LogP contribution is 2.31. The van der Waals surface area contributed by atoms with Crippen LogP contribution in [0.25, 0.3) is 11.1 Å². The van der Waals surface area contributed by atoms with Gasteiger partial charge in [0.25, 0.3) is 0 Å². The van der Waals surface area contributed by atoms with Crippen LogP contribution in [0.2, 0.25) is 0 Å². The maximum absolute atomic E-state index is 12.2. The molecule has 0 heterocycles. The van der Waals surface area contributed by atoms with Crippen LogP contribution < -0.4 is 0 Å². The maximum atomic E-state index is 12.2.